The third-order valence-electron chi connectivity index (χ3n) is 4.41. The standard InChI is InChI=1S/C22H27N3O3/c1-24(2)10-11-27-22(26)20-14-18-19(23-20)12-17(13-21(18)25(3)4)28-15-16-8-6-5-7-9-16/h5-9,12-14,23H,10-11,15H2,1-4H3. The molecule has 0 fully saturated rings. The number of nitrogens with zero attached hydrogens (tertiary/aromatic N) is 2. The molecule has 0 aliphatic rings. The van der Waals surface area contributed by atoms with Gasteiger partial charge in [-0.05, 0) is 25.7 Å². The zero-order chi connectivity index (χ0) is 20.1. The molecule has 0 radical (unpaired) electrons. The van der Waals surface area contributed by atoms with Crippen molar-refractivity contribution in [3.63, 3.8) is 0 Å². The maximum absolute atomic E-state index is 12.4. The predicted molar refractivity (Wildman–Crippen MR) is 112 cm³/mol. The van der Waals surface area contributed by atoms with Gasteiger partial charge in [0.15, 0.2) is 0 Å². The minimum absolute atomic E-state index is 0.352. The van der Waals surface area contributed by atoms with E-state index >= 15 is 0 Å². The summed E-state index contributed by atoms with van der Waals surface area (Å²) in [5.41, 5.74) is 3.36. The molecular formula is C22H27N3O3. The van der Waals surface area contributed by atoms with Gasteiger partial charge in [0.2, 0.25) is 0 Å². The van der Waals surface area contributed by atoms with Crippen molar-refractivity contribution in [2.45, 2.75) is 6.61 Å². The molecule has 0 aliphatic heterocycles. The molecule has 0 atom stereocenters. The van der Waals surface area contributed by atoms with Crippen LogP contribution in [0.25, 0.3) is 10.9 Å². The van der Waals surface area contributed by atoms with Crippen LogP contribution in [0.15, 0.2) is 48.5 Å². The minimum atomic E-state index is -0.352. The number of hydrogen-bond donors (Lipinski definition) is 1. The summed E-state index contributed by atoms with van der Waals surface area (Å²) in [5, 5.41) is 0.955. The summed E-state index contributed by atoms with van der Waals surface area (Å²) in [5.74, 6) is 0.393. The van der Waals surface area contributed by atoms with Crippen LogP contribution in [0, 0.1) is 0 Å². The van der Waals surface area contributed by atoms with Crippen LogP contribution in [0.5, 0.6) is 5.75 Å². The molecule has 3 aromatic rings. The third kappa shape index (κ3) is 4.84. The average molecular weight is 381 g/mol. The highest BCUT2D eigenvalue weighted by atomic mass is 16.5. The molecule has 0 bridgehead atoms. The third-order valence-corrected chi connectivity index (χ3v) is 4.41. The lowest BCUT2D eigenvalue weighted by Gasteiger charge is -2.16. The van der Waals surface area contributed by atoms with Crippen LogP contribution in [-0.4, -0.2) is 57.2 Å². The normalized spacial score (nSPS) is 11.0. The molecule has 6 heteroatoms. The van der Waals surface area contributed by atoms with Gasteiger partial charge in [-0.3, -0.25) is 0 Å². The van der Waals surface area contributed by atoms with E-state index in [4.69, 9.17) is 9.47 Å². The first kappa shape index (κ1) is 19.8. The zero-order valence-corrected chi connectivity index (χ0v) is 16.9. The second-order valence-corrected chi connectivity index (χ2v) is 7.19. The summed E-state index contributed by atoms with van der Waals surface area (Å²) in [6, 6.07) is 15.8. The van der Waals surface area contributed by atoms with E-state index in [0.29, 0.717) is 25.5 Å². The van der Waals surface area contributed by atoms with E-state index in [1.807, 2.05) is 86.5 Å². The Bertz CT molecular complexity index is 933. The van der Waals surface area contributed by atoms with Crippen molar-refractivity contribution in [1.82, 2.24) is 9.88 Å². The number of anilines is 1. The zero-order valence-electron chi connectivity index (χ0n) is 16.9. The number of benzene rings is 2. The highest BCUT2D eigenvalue weighted by molar-refractivity contribution is 6.00. The fourth-order valence-electron chi connectivity index (χ4n) is 2.90. The molecule has 0 unspecified atom stereocenters. The maximum atomic E-state index is 12.4. The average Bonchev–Trinajstić information content (AvgIpc) is 3.10. The Morgan fingerprint density at radius 3 is 2.46 bits per heavy atom. The van der Waals surface area contributed by atoms with Gasteiger partial charge in [-0.15, -0.1) is 0 Å². The number of nitrogens with one attached hydrogen (secondary N) is 1. The number of fused-ring (bicyclic) bond motifs is 1. The summed E-state index contributed by atoms with van der Waals surface area (Å²) in [6.45, 7) is 1.53. The molecule has 1 N–H and O–H groups in total. The number of H-pyrrole nitrogens is 1. The second kappa shape index (κ2) is 8.80. The van der Waals surface area contributed by atoms with E-state index in [1.54, 1.807) is 0 Å². The lowest BCUT2D eigenvalue weighted by molar-refractivity contribution is 0.0476. The number of carbonyl (C=O) groups excluding carboxylic acids is 1. The molecule has 1 aromatic heterocycles. The Hall–Kier alpha value is -2.99. The molecule has 0 aliphatic carbocycles. The number of aromatic nitrogens is 1. The van der Waals surface area contributed by atoms with Gasteiger partial charge in [0.05, 0.1) is 5.52 Å². The highest BCUT2D eigenvalue weighted by Gasteiger charge is 2.15. The number of carbonyl (C=O) groups is 1. The van der Waals surface area contributed by atoms with E-state index in [2.05, 4.69) is 4.98 Å². The summed E-state index contributed by atoms with van der Waals surface area (Å²) >= 11 is 0. The number of hydrogen-bond acceptors (Lipinski definition) is 5. The molecule has 0 amide bonds. The van der Waals surface area contributed by atoms with Gasteiger partial charge in [-0.2, -0.15) is 0 Å². The van der Waals surface area contributed by atoms with E-state index in [9.17, 15) is 4.79 Å². The van der Waals surface area contributed by atoms with Gasteiger partial charge in [-0.25, -0.2) is 4.79 Å². The van der Waals surface area contributed by atoms with Gasteiger partial charge in [-0.1, -0.05) is 30.3 Å². The van der Waals surface area contributed by atoms with E-state index in [1.165, 1.54) is 0 Å². The van der Waals surface area contributed by atoms with Crippen molar-refractivity contribution in [1.29, 1.82) is 0 Å². The minimum Gasteiger partial charge on any atom is -0.489 e. The molecule has 0 saturated carbocycles. The number of ether oxygens (including phenoxy) is 2. The fourth-order valence-corrected chi connectivity index (χ4v) is 2.90. The number of likely N-dealkylation sites (N-methyl/N-ethyl adjacent to an activating group) is 1. The molecule has 1 heterocycles. The van der Waals surface area contributed by atoms with Crippen LogP contribution in [0.3, 0.4) is 0 Å². The summed E-state index contributed by atoms with van der Waals surface area (Å²) in [4.78, 5) is 19.5. The van der Waals surface area contributed by atoms with Gasteiger partial charge < -0.3 is 24.3 Å². The monoisotopic (exact) mass is 381 g/mol. The quantitative estimate of drug-likeness (QED) is 0.605. The predicted octanol–water partition coefficient (Wildman–Crippen LogP) is 3.53. The van der Waals surface area contributed by atoms with Gasteiger partial charge >= 0.3 is 5.97 Å². The van der Waals surface area contributed by atoms with Crippen LogP contribution in [0.4, 0.5) is 5.69 Å². The Morgan fingerprint density at radius 1 is 1.04 bits per heavy atom. The lowest BCUT2D eigenvalue weighted by atomic mass is 10.2. The summed E-state index contributed by atoms with van der Waals surface area (Å²) in [7, 11) is 7.82. The first-order valence-corrected chi connectivity index (χ1v) is 9.26. The van der Waals surface area contributed by atoms with Crippen molar-refractivity contribution in [2.75, 3.05) is 46.2 Å². The maximum Gasteiger partial charge on any atom is 0.354 e. The summed E-state index contributed by atoms with van der Waals surface area (Å²) in [6.07, 6.45) is 0. The Kier molecular flexibility index (Phi) is 6.21. The fraction of sp³-hybridized carbons (Fsp3) is 0.318. The smallest absolute Gasteiger partial charge is 0.354 e. The lowest BCUT2D eigenvalue weighted by Crippen LogP contribution is -2.20. The Balaban J connectivity index is 1.82. The van der Waals surface area contributed by atoms with Crippen LogP contribution < -0.4 is 9.64 Å². The largest absolute Gasteiger partial charge is 0.489 e. The number of rotatable bonds is 8. The summed E-state index contributed by atoms with van der Waals surface area (Å²) < 4.78 is 11.3. The molecule has 0 spiro atoms. The molecule has 0 saturated heterocycles. The first-order chi connectivity index (χ1) is 13.4. The van der Waals surface area contributed by atoms with Crippen LogP contribution >= 0.6 is 0 Å². The molecule has 28 heavy (non-hydrogen) atoms. The number of aromatic amines is 1. The van der Waals surface area contributed by atoms with Crippen molar-refractivity contribution >= 4 is 22.6 Å². The van der Waals surface area contributed by atoms with Gasteiger partial charge in [0.25, 0.3) is 0 Å². The van der Waals surface area contributed by atoms with Crippen LogP contribution in [-0.2, 0) is 11.3 Å². The van der Waals surface area contributed by atoms with Crippen LogP contribution in [0.1, 0.15) is 16.1 Å². The van der Waals surface area contributed by atoms with E-state index in [0.717, 1.165) is 27.9 Å². The van der Waals surface area contributed by atoms with Gasteiger partial charge in [0, 0.05) is 43.8 Å². The second-order valence-electron chi connectivity index (χ2n) is 7.19. The number of esters is 1. The van der Waals surface area contributed by atoms with Crippen molar-refractivity contribution < 1.29 is 14.3 Å². The molecule has 3 rings (SSSR count). The molecule has 6 nitrogen and oxygen atoms in total. The van der Waals surface area contributed by atoms with Crippen molar-refractivity contribution in [2.24, 2.45) is 0 Å². The SMILES string of the molecule is CN(C)CCOC(=O)c1cc2c(N(C)C)cc(OCc3ccccc3)cc2[nH]1. The Labute approximate surface area is 165 Å². The molecule has 2 aromatic carbocycles. The van der Waals surface area contributed by atoms with Crippen LogP contribution in [0.2, 0.25) is 0 Å². The molecular weight excluding hydrogens is 354 g/mol. The highest BCUT2D eigenvalue weighted by Crippen LogP contribution is 2.32. The van der Waals surface area contributed by atoms with E-state index < -0.39 is 0 Å². The Morgan fingerprint density at radius 2 is 1.79 bits per heavy atom. The topological polar surface area (TPSA) is 57.8 Å². The van der Waals surface area contributed by atoms with Crippen molar-refractivity contribution in [3.05, 3.63) is 59.8 Å². The van der Waals surface area contributed by atoms with E-state index in [-0.39, 0.29) is 5.97 Å². The molecule has 148 valence electrons. The first-order valence-electron chi connectivity index (χ1n) is 9.26. The van der Waals surface area contributed by atoms with Gasteiger partial charge in [0.1, 0.15) is 24.7 Å². The van der Waals surface area contributed by atoms with Crippen molar-refractivity contribution in [3.8, 4) is 5.75 Å².